The van der Waals surface area contributed by atoms with Crippen molar-refractivity contribution in [2.24, 2.45) is 0 Å². The van der Waals surface area contributed by atoms with Crippen LogP contribution >= 0.6 is 0 Å². The van der Waals surface area contributed by atoms with Crippen LogP contribution in [0.15, 0.2) is 36.5 Å². The molecule has 128 valence electrons. The van der Waals surface area contributed by atoms with Crippen molar-refractivity contribution < 1.29 is 9.53 Å². The number of aromatic nitrogens is 3. The molecule has 0 radical (unpaired) electrons. The zero-order chi connectivity index (χ0) is 17.2. The number of carbonyl (C=O) groups excluding carboxylic acids is 1. The van der Waals surface area contributed by atoms with Gasteiger partial charge in [-0.05, 0) is 30.4 Å². The van der Waals surface area contributed by atoms with Crippen LogP contribution in [-0.2, 0) is 12.8 Å². The number of carbonyl (C=O) groups is 1. The standard InChI is InChI=1S/C18H19N5O2/c1-25-17-14-10-19-16(9-15(14)22-23-17)21-18(24)20-13-7-6-11-4-2-3-5-12(11)8-13/h2-5,9-10,13H,6-8H2,1H3,(H,22,23)(H2,19,20,21,24). The second kappa shape index (κ2) is 6.43. The summed E-state index contributed by atoms with van der Waals surface area (Å²) in [5.41, 5.74) is 3.44. The van der Waals surface area contributed by atoms with Gasteiger partial charge in [-0.15, -0.1) is 5.10 Å². The maximum Gasteiger partial charge on any atom is 0.320 e. The molecule has 2 heterocycles. The highest BCUT2D eigenvalue weighted by Gasteiger charge is 2.20. The van der Waals surface area contributed by atoms with Crippen molar-refractivity contribution >= 4 is 22.8 Å². The van der Waals surface area contributed by atoms with E-state index in [9.17, 15) is 4.79 Å². The van der Waals surface area contributed by atoms with Gasteiger partial charge in [0.05, 0.1) is 18.0 Å². The van der Waals surface area contributed by atoms with Gasteiger partial charge >= 0.3 is 6.03 Å². The molecule has 7 nitrogen and oxygen atoms in total. The minimum absolute atomic E-state index is 0.130. The van der Waals surface area contributed by atoms with Gasteiger partial charge in [0.25, 0.3) is 0 Å². The van der Waals surface area contributed by atoms with Crippen LogP contribution in [0.25, 0.3) is 10.9 Å². The number of nitrogens with one attached hydrogen (secondary N) is 3. The molecule has 0 saturated carbocycles. The number of aryl methyl sites for hydroxylation is 1. The molecule has 25 heavy (non-hydrogen) atoms. The Balaban J connectivity index is 1.41. The predicted molar refractivity (Wildman–Crippen MR) is 94.9 cm³/mol. The molecule has 4 rings (SSSR count). The average Bonchev–Trinajstić information content (AvgIpc) is 3.04. The third-order valence-corrected chi connectivity index (χ3v) is 4.53. The van der Waals surface area contributed by atoms with Crippen LogP contribution < -0.4 is 15.4 Å². The third kappa shape index (κ3) is 3.13. The number of rotatable bonds is 3. The van der Waals surface area contributed by atoms with E-state index >= 15 is 0 Å². The first-order chi connectivity index (χ1) is 12.2. The number of pyridine rings is 1. The maximum absolute atomic E-state index is 12.3. The summed E-state index contributed by atoms with van der Waals surface area (Å²) in [6, 6.07) is 10.0. The summed E-state index contributed by atoms with van der Waals surface area (Å²) >= 11 is 0. The zero-order valence-corrected chi connectivity index (χ0v) is 13.9. The summed E-state index contributed by atoms with van der Waals surface area (Å²) in [5, 5.41) is 13.5. The lowest BCUT2D eigenvalue weighted by Crippen LogP contribution is -2.41. The van der Waals surface area contributed by atoms with Gasteiger partial charge in [0.1, 0.15) is 5.82 Å². The van der Waals surface area contributed by atoms with Crippen LogP contribution in [0.1, 0.15) is 17.5 Å². The number of hydrogen-bond acceptors (Lipinski definition) is 4. The van der Waals surface area contributed by atoms with Crippen LogP contribution in [0, 0.1) is 0 Å². The van der Waals surface area contributed by atoms with Crippen LogP contribution in [0.4, 0.5) is 10.6 Å². The van der Waals surface area contributed by atoms with E-state index in [2.05, 4.69) is 44.0 Å². The molecule has 0 aliphatic heterocycles. The predicted octanol–water partition coefficient (Wildman–Crippen LogP) is 2.65. The Morgan fingerprint density at radius 3 is 3.00 bits per heavy atom. The van der Waals surface area contributed by atoms with E-state index in [-0.39, 0.29) is 12.1 Å². The molecule has 1 aromatic carbocycles. The van der Waals surface area contributed by atoms with Gasteiger partial charge in [-0.1, -0.05) is 24.3 Å². The smallest absolute Gasteiger partial charge is 0.320 e. The molecular weight excluding hydrogens is 318 g/mol. The average molecular weight is 337 g/mol. The number of urea groups is 1. The number of hydrogen-bond donors (Lipinski definition) is 3. The second-order valence-electron chi connectivity index (χ2n) is 6.15. The van der Waals surface area contributed by atoms with Crippen molar-refractivity contribution in [2.45, 2.75) is 25.3 Å². The Morgan fingerprint density at radius 2 is 2.16 bits per heavy atom. The normalized spacial score (nSPS) is 16.3. The lowest BCUT2D eigenvalue weighted by Gasteiger charge is -2.25. The fourth-order valence-electron chi connectivity index (χ4n) is 3.27. The van der Waals surface area contributed by atoms with Crippen molar-refractivity contribution in [3.63, 3.8) is 0 Å². The van der Waals surface area contributed by atoms with Gasteiger partial charge in [-0.25, -0.2) is 9.78 Å². The highest BCUT2D eigenvalue weighted by atomic mass is 16.5. The largest absolute Gasteiger partial charge is 0.479 e. The number of nitrogens with zero attached hydrogens (tertiary/aromatic N) is 2. The number of H-pyrrole nitrogens is 1. The minimum atomic E-state index is -0.247. The molecule has 3 N–H and O–H groups in total. The van der Waals surface area contributed by atoms with E-state index in [1.54, 1.807) is 19.4 Å². The molecule has 2 aromatic heterocycles. The molecule has 0 fully saturated rings. The van der Waals surface area contributed by atoms with Crippen molar-refractivity contribution in [3.05, 3.63) is 47.7 Å². The monoisotopic (exact) mass is 337 g/mol. The summed E-state index contributed by atoms with van der Waals surface area (Å²) in [4.78, 5) is 16.5. The number of benzene rings is 1. The molecule has 2 amide bonds. The number of aromatic amines is 1. The van der Waals surface area contributed by atoms with Crippen molar-refractivity contribution in [2.75, 3.05) is 12.4 Å². The Hall–Kier alpha value is -3.09. The number of anilines is 1. The lowest BCUT2D eigenvalue weighted by molar-refractivity contribution is 0.247. The third-order valence-electron chi connectivity index (χ3n) is 4.53. The molecule has 7 heteroatoms. The molecule has 1 atom stereocenters. The topological polar surface area (TPSA) is 91.9 Å². The highest BCUT2D eigenvalue weighted by molar-refractivity contribution is 5.92. The van der Waals surface area contributed by atoms with Crippen LogP contribution in [-0.4, -0.2) is 34.4 Å². The van der Waals surface area contributed by atoms with Gasteiger partial charge in [0.2, 0.25) is 5.88 Å². The molecule has 1 aliphatic rings. The van der Waals surface area contributed by atoms with E-state index < -0.39 is 0 Å². The number of ether oxygens (including phenoxy) is 1. The molecule has 3 aromatic rings. The summed E-state index contributed by atoms with van der Waals surface area (Å²) in [5.74, 6) is 0.951. The second-order valence-corrected chi connectivity index (χ2v) is 6.15. The van der Waals surface area contributed by atoms with Gasteiger partial charge in [-0.2, -0.15) is 0 Å². The Kier molecular flexibility index (Phi) is 3.97. The first kappa shape index (κ1) is 15.4. The fraction of sp³-hybridized carbons (Fsp3) is 0.278. The first-order valence-corrected chi connectivity index (χ1v) is 8.25. The van der Waals surface area contributed by atoms with Crippen molar-refractivity contribution in [1.82, 2.24) is 20.5 Å². The highest BCUT2D eigenvalue weighted by Crippen LogP contribution is 2.23. The number of fused-ring (bicyclic) bond motifs is 2. The van der Waals surface area contributed by atoms with E-state index in [0.717, 1.165) is 30.2 Å². The van der Waals surface area contributed by atoms with Crippen LogP contribution in [0.5, 0.6) is 5.88 Å². The van der Waals surface area contributed by atoms with E-state index in [1.807, 2.05) is 6.07 Å². The molecular formula is C18H19N5O2. The quantitative estimate of drug-likeness (QED) is 0.685. The van der Waals surface area contributed by atoms with Gasteiger partial charge in [0, 0.05) is 18.3 Å². The van der Waals surface area contributed by atoms with Gasteiger partial charge in [-0.3, -0.25) is 10.4 Å². The maximum atomic E-state index is 12.3. The Bertz CT molecular complexity index is 921. The number of amides is 2. The van der Waals surface area contributed by atoms with E-state index in [4.69, 9.17) is 4.74 Å². The molecule has 1 aliphatic carbocycles. The SMILES string of the molecule is COc1n[nH]c2cc(NC(=O)NC3CCc4ccccc4C3)ncc12. The Morgan fingerprint density at radius 1 is 1.32 bits per heavy atom. The van der Waals surface area contributed by atoms with Crippen LogP contribution in [0.2, 0.25) is 0 Å². The van der Waals surface area contributed by atoms with Crippen molar-refractivity contribution in [3.8, 4) is 5.88 Å². The van der Waals surface area contributed by atoms with E-state index in [1.165, 1.54) is 11.1 Å². The molecule has 0 bridgehead atoms. The van der Waals surface area contributed by atoms with Gasteiger partial charge < -0.3 is 10.1 Å². The molecule has 1 unspecified atom stereocenters. The van der Waals surface area contributed by atoms with Crippen molar-refractivity contribution in [1.29, 1.82) is 0 Å². The Labute approximate surface area is 144 Å². The van der Waals surface area contributed by atoms with E-state index in [0.29, 0.717) is 11.7 Å². The number of methoxy groups -OCH3 is 1. The lowest BCUT2D eigenvalue weighted by atomic mass is 9.88. The summed E-state index contributed by atoms with van der Waals surface area (Å²) in [7, 11) is 1.55. The van der Waals surface area contributed by atoms with Gasteiger partial charge in [0.15, 0.2) is 0 Å². The summed E-state index contributed by atoms with van der Waals surface area (Å²) in [6.07, 6.45) is 4.41. The summed E-state index contributed by atoms with van der Waals surface area (Å²) in [6.45, 7) is 0. The van der Waals surface area contributed by atoms with Crippen LogP contribution in [0.3, 0.4) is 0 Å². The fourth-order valence-corrected chi connectivity index (χ4v) is 3.27. The molecule has 0 spiro atoms. The summed E-state index contributed by atoms with van der Waals surface area (Å²) < 4.78 is 5.14. The minimum Gasteiger partial charge on any atom is -0.479 e. The first-order valence-electron chi connectivity index (χ1n) is 8.25. The molecule has 0 saturated heterocycles. The zero-order valence-electron chi connectivity index (χ0n) is 13.9.